The lowest BCUT2D eigenvalue weighted by molar-refractivity contribution is -0.149. The predicted octanol–water partition coefficient (Wildman–Crippen LogP) is 4.42. The minimum Gasteiger partial charge on any atom is -0.326 e. The first-order valence-corrected chi connectivity index (χ1v) is 11.2. The van der Waals surface area contributed by atoms with Crippen molar-refractivity contribution in [2.45, 2.75) is 43.6 Å². The molecule has 1 saturated carbocycles. The second kappa shape index (κ2) is 8.70. The van der Waals surface area contributed by atoms with Crippen LogP contribution in [0.3, 0.4) is 0 Å². The zero-order valence-electron chi connectivity index (χ0n) is 16.7. The fourth-order valence-corrected chi connectivity index (χ4v) is 5.57. The number of hydrogen-bond donors (Lipinski definition) is 1. The van der Waals surface area contributed by atoms with Crippen LogP contribution in [0, 0.1) is 11.3 Å². The van der Waals surface area contributed by atoms with Crippen molar-refractivity contribution in [2.75, 3.05) is 11.1 Å². The monoisotopic (exact) mass is 472 g/mol. The number of fused-ring (bicyclic) bond motifs is 1. The Morgan fingerprint density at radius 3 is 2.48 bits per heavy atom. The molecule has 1 amide bonds. The maximum atomic E-state index is 12.8. The van der Waals surface area contributed by atoms with Gasteiger partial charge < -0.3 is 5.32 Å². The number of rotatable bonds is 6. The quantitative estimate of drug-likeness (QED) is 0.494. The van der Waals surface area contributed by atoms with Crippen LogP contribution in [0.2, 0.25) is 0 Å². The molecule has 166 valence electrons. The van der Waals surface area contributed by atoms with Gasteiger partial charge in [-0.05, 0) is 32.0 Å². The van der Waals surface area contributed by atoms with E-state index in [0.29, 0.717) is 20.2 Å². The van der Waals surface area contributed by atoms with Crippen molar-refractivity contribution in [3.63, 3.8) is 0 Å². The van der Waals surface area contributed by atoms with E-state index in [1.807, 2.05) is 0 Å². The summed E-state index contributed by atoms with van der Waals surface area (Å²) in [4.78, 5) is 53.1. The summed E-state index contributed by atoms with van der Waals surface area (Å²) in [5.41, 5.74) is -0.250. The fourth-order valence-electron chi connectivity index (χ4n) is 3.41. The van der Waals surface area contributed by atoms with Crippen molar-refractivity contribution >= 4 is 62.3 Å². The van der Waals surface area contributed by atoms with Crippen LogP contribution in [0.5, 0.6) is 0 Å². The van der Waals surface area contributed by atoms with Crippen LogP contribution in [0.1, 0.15) is 33.1 Å². The number of nitrogens with one attached hydrogen (secondary N) is 1. The molecule has 31 heavy (non-hydrogen) atoms. The number of amides is 1. The van der Waals surface area contributed by atoms with Crippen LogP contribution in [0.4, 0.5) is 18.9 Å². The van der Waals surface area contributed by atoms with Crippen molar-refractivity contribution in [3.05, 3.63) is 18.2 Å². The molecule has 0 unspecified atom stereocenters. The lowest BCUT2D eigenvalue weighted by Gasteiger charge is -2.33. The number of Topliss-reactive ketones (excluding diaryl/α,β-unsaturated/α-hetero) is 3. The molecule has 2 aromatic rings. The first-order chi connectivity index (χ1) is 14.4. The molecule has 6 nitrogen and oxygen atoms in total. The molecular weight excluding hydrogens is 453 g/mol. The lowest BCUT2D eigenvalue weighted by Crippen LogP contribution is -2.47. The maximum absolute atomic E-state index is 12.8. The van der Waals surface area contributed by atoms with Gasteiger partial charge in [0.25, 0.3) is 0 Å². The topological polar surface area (TPSA) is 93.2 Å². The lowest BCUT2D eigenvalue weighted by atomic mass is 9.69. The van der Waals surface area contributed by atoms with Crippen molar-refractivity contribution < 1.29 is 32.3 Å². The van der Waals surface area contributed by atoms with E-state index in [0.717, 1.165) is 11.8 Å². The highest BCUT2D eigenvalue weighted by atomic mass is 32.2. The van der Waals surface area contributed by atoms with Gasteiger partial charge in [0.05, 0.1) is 22.1 Å². The van der Waals surface area contributed by atoms with Gasteiger partial charge in [0, 0.05) is 24.3 Å². The minimum atomic E-state index is -4.22. The van der Waals surface area contributed by atoms with Crippen molar-refractivity contribution in [2.24, 2.45) is 11.3 Å². The number of alkyl halides is 3. The Balaban J connectivity index is 1.70. The summed E-state index contributed by atoms with van der Waals surface area (Å²) in [7, 11) is 0. The smallest absolute Gasteiger partial charge is 0.326 e. The van der Waals surface area contributed by atoms with Crippen LogP contribution >= 0.6 is 23.1 Å². The van der Waals surface area contributed by atoms with E-state index < -0.39 is 47.2 Å². The van der Waals surface area contributed by atoms with Gasteiger partial charge in [-0.2, -0.15) is 13.2 Å². The number of carbonyl (C=O) groups is 4. The molecule has 3 rings (SSSR count). The number of benzene rings is 1. The molecule has 1 heterocycles. The van der Waals surface area contributed by atoms with E-state index in [2.05, 4.69) is 10.3 Å². The number of anilines is 1. The molecule has 1 aromatic carbocycles. The number of nitrogens with zero attached hydrogens (tertiary/aromatic N) is 1. The molecule has 11 heteroatoms. The summed E-state index contributed by atoms with van der Waals surface area (Å²) < 4.78 is 38.1. The molecule has 0 atom stereocenters. The van der Waals surface area contributed by atoms with Gasteiger partial charge in [-0.15, -0.1) is 11.3 Å². The number of thioether (sulfide) groups is 1. The van der Waals surface area contributed by atoms with Crippen LogP contribution in [-0.2, 0) is 19.2 Å². The number of aromatic nitrogens is 1. The fraction of sp³-hybridized carbons (Fsp3) is 0.450. The number of halogens is 3. The van der Waals surface area contributed by atoms with Gasteiger partial charge >= 0.3 is 6.18 Å². The van der Waals surface area contributed by atoms with E-state index in [9.17, 15) is 32.3 Å². The molecule has 1 fully saturated rings. The van der Waals surface area contributed by atoms with Crippen molar-refractivity contribution in [3.8, 4) is 0 Å². The summed E-state index contributed by atoms with van der Waals surface area (Å²) in [5, 5.41) is 2.70. The Morgan fingerprint density at radius 1 is 1.26 bits per heavy atom. The highest BCUT2D eigenvalue weighted by molar-refractivity contribution is 8.01. The third kappa shape index (κ3) is 5.51. The van der Waals surface area contributed by atoms with E-state index >= 15 is 0 Å². The molecule has 0 spiro atoms. The Labute approximate surface area is 184 Å². The average Bonchev–Trinajstić information content (AvgIpc) is 3.01. The molecule has 1 aliphatic rings. The molecule has 0 saturated heterocycles. The van der Waals surface area contributed by atoms with Crippen LogP contribution in [0.15, 0.2) is 22.5 Å². The second-order valence-electron chi connectivity index (χ2n) is 7.72. The Kier molecular flexibility index (Phi) is 6.56. The zero-order valence-corrected chi connectivity index (χ0v) is 18.3. The standard InChI is InChI=1S/C20H19F3N2O4S2/c1-10(26)16-13(27)8-19(2,9-14(16)28)17(29)24-11-3-4-12-15(7-11)31-18(25-12)30-6-5-20(21,22)23/h3-4,7,16H,5-6,8-9H2,1-2H3,(H,24,29). The molecular formula is C20H19F3N2O4S2. The van der Waals surface area contributed by atoms with Gasteiger partial charge in [-0.25, -0.2) is 4.98 Å². The van der Waals surface area contributed by atoms with Crippen LogP contribution in [0.25, 0.3) is 10.2 Å². The Hall–Kier alpha value is -2.27. The van der Waals surface area contributed by atoms with E-state index in [4.69, 9.17) is 0 Å². The number of carbonyl (C=O) groups excluding carboxylic acids is 4. The van der Waals surface area contributed by atoms with E-state index in [1.165, 1.54) is 25.2 Å². The average molecular weight is 473 g/mol. The Bertz CT molecular complexity index is 1050. The summed E-state index contributed by atoms with van der Waals surface area (Å²) in [5.74, 6) is -3.56. The number of hydrogen-bond acceptors (Lipinski definition) is 7. The summed E-state index contributed by atoms with van der Waals surface area (Å²) in [6, 6.07) is 4.88. The van der Waals surface area contributed by atoms with Gasteiger partial charge in [-0.3, -0.25) is 19.2 Å². The first-order valence-electron chi connectivity index (χ1n) is 9.35. The summed E-state index contributed by atoms with van der Waals surface area (Å²) >= 11 is 2.23. The summed E-state index contributed by atoms with van der Waals surface area (Å²) in [6.07, 6.45) is -5.55. The second-order valence-corrected chi connectivity index (χ2v) is 10.1. The molecule has 0 bridgehead atoms. The molecule has 0 radical (unpaired) electrons. The normalized spacial score (nSPS) is 22.0. The van der Waals surface area contributed by atoms with Gasteiger partial charge in [-0.1, -0.05) is 11.8 Å². The highest BCUT2D eigenvalue weighted by Gasteiger charge is 2.48. The summed E-state index contributed by atoms with van der Waals surface area (Å²) in [6.45, 7) is 2.69. The molecule has 0 aliphatic heterocycles. The number of thiazole rings is 1. The van der Waals surface area contributed by atoms with Crippen LogP contribution in [-0.4, -0.2) is 40.2 Å². The maximum Gasteiger partial charge on any atom is 0.389 e. The molecule has 1 N–H and O–H groups in total. The third-order valence-electron chi connectivity index (χ3n) is 4.97. The Morgan fingerprint density at radius 2 is 1.90 bits per heavy atom. The molecule has 1 aromatic heterocycles. The van der Waals surface area contributed by atoms with E-state index in [-0.39, 0.29) is 18.6 Å². The van der Waals surface area contributed by atoms with Crippen LogP contribution < -0.4 is 5.32 Å². The van der Waals surface area contributed by atoms with Gasteiger partial charge in [0.15, 0.2) is 15.9 Å². The minimum absolute atomic E-state index is 0.130. The largest absolute Gasteiger partial charge is 0.389 e. The first kappa shape index (κ1) is 23.4. The van der Waals surface area contributed by atoms with Gasteiger partial charge in [0.1, 0.15) is 11.7 Å². The van der Waals surface area contributed by atoms with Crippen molar-refractivity contribution in [1.82, 2.24) is 4.98 Å². The SMILES string of the molecule is CC(=O)C1C(=O)CC(C)(C(=O)Nc2ccc3nc(SCCC(F)(F)F)sc3c2)CC1=O. The van der Waals surface area contributed by atoms with Crippen molar-refractivity contribution in [1.29, 1.82) is 0 Å². The number of ketones is 3. The predicted molar refractivity (Wildman–Crippen MR) is 111 cm³/mol. The highest BCUT2D eigenvalue weighted by Crippen LogP contribution is 2.37. The van der Waals surface area contributed by atoms with E-state index in [1.54, 1.807) is 18.2 Å². The zero-order chi connectivity index (χ0) is 23.0. The molecule has 1 aliphatic carbocycles. The van der Waals surface area contributed by atoms with Gasteiger partial charge in [0.2, 0.25) is 5.91 Å². The third-order valence-corrected chi connectivity index (χ3v) is 7.13.